The van der Waals surface area contributed by atoms with Crippen molar-refractivity contribution in [1.29, 1.82) is 0 Å². The zero-order valence-corrected chi connectivity index (χ0v) is 16.9. The lowest BCUT2D eigenvalue weighted by Gasteiger charge is -2.25. The first-order valence-corrected chi connectivity index (χ1v) is 10.9. The molecule has 1 amide bonds. The van der Waals surface area contributed by atoms with Crippen LogP contribution in [0.2, 0.25) is 0 Å². The van der Waals surface area contributed by atoms with E-state index >= 15 is 0 Å². The highest BCUT2D eigenvalue weighted by molar-refractivity contribution is 7.91. The van der Waals surface area contributed by atoms with E-state index in [2.05, 4.69) is 5.32 Å². The van der Waals surface area contributed by atoms with Crippen molar-refractivity contribution in [2.45, 2.75) is 57.8 Å². The lowest BCUT2D eigenvalue weighted by atomic mass is 10.0. The van der Waals surface area contributed by atoms with Crippen molar-refractivity contribution in [3.05, 3.63) is 35.9 Å². The molecule has 0 radical (unpaired) electrons. The molecule has 1 aromatic rings. The van der Waals surface area contributed by atoms with Gasteiger partial charge in [-0.25, -0.2) is 13.2 Å². The second-order valence-electron chi connectivity index (χ2n) is 7.30. The third kappa shape index (κ3) is 10.9. The van der Waals surface area contributed by atoms with Crippen molar-refractivity contribution in [1.82, 2.24) is 5.32 Å². The zero-order chi connectivity index (χ0) is 20.3. The third-order valence-corrected chi connectivity index (χ3v) is 5.88. The van der Waals surface area contributed by atoms with Crippen LogP contribution in [0.5, 0.6) is 0 Å². The summed E-state index contributed by atoms with van der Waals surface area (Å²) in [7, 11) is -3.25. The van der Waals surface area contributed by atoms with Crippen molar-refractivity contribution >= 4 is 15.9 Å². The quantitative estimate of drug-likeness (QED) is 0.462. The maximum Gasteiger partial charge on any atom is 0.407 e. The Morgan fingerprint density at radius 2 is 1.85 bits per heavy atom. The van der Waals surface area contributed by atoms with Crippen molar-refractivity contribution in [2.24, 2.45) is 0 Å². The number of alkyl carbamates (subject to hydrolysis) is 1. The van der Waals surface area contributed by atoms with Crippen LogP contribution in [0.25, 0.3) is 0 Å². The van der Waals surface area contributed by atoms with Gasteiger partial charge >= 0.3 is 6.09 Å². The van der Waals surface area contributed by atoms with Gasteiger partial charge in [0.25, 0.3) is 0 Å². The molecular weight excluding hydrogens is 370 g/mol. The molecule has 27 heavy (non-hydrogen) atoms. The predicted octanol–water partition coefficient (Wildman–Crippen LogP) is 2.02. The number of sulfone groups is 1. The number of rotatable bonds is 12. The van der Waals surface area contributed by atoms with Gasteiger partial charge in [0.1, 0.15) is 16.4 Å². The second kappa shape index (κ2) is 11.3. The number of carbonyl (C=O) groups is 1. The number of aliphatic hydroxyl groups is 2. The average Bonchev–Trinajstić information content (AvgIpc) is 2.62. The topological polar surface area (TPSA) is 113 Å². The second-order valence-corrected chi connectivity index (χ2v) is 9.61. The van der Waals surface area contributed by atoms with E-state index in [9.17, 15) is 18.3 Å². The monoisotopic (exact) mass is 401 g/mol. The van der Waals surface area contributed by atoms with Crippen LogP contribution in [-0.2, 0) is 21.2 Å². The number of carbonyl (C=O) groups excluding carboxylic acids is 1. The lowest BCUT2D eigenvalue weighted by Crippen LogP contribution is -2.44. The van der Waals surface area contributed by atoms with Gasteiger partial charge in [-0.1, -0.05) is 30.3 Å². The van der Waals surface area contributed by atoms with Crippen LogP contribution in [0.4, 0.5) is 4.79 Å². The average molecular weight is 402 g/mol. The summed E-state index contributed by atoms with van der Waals surface area (Å²) in [6.45, 7) is 3.35. The van der Waals surface area contributed by atoms with Gasteiger partial charge in [-0.05, 0) is 45.1 Å². The standard InChI is InChI=1S/C19H31NO6S/c1-19(2,20-18(23)26-15-16-8-4-3-5-9-16)11-13-27(24,25)12-7-6-10-17(22)14-21/h3-5,8-9,17,21-22H,6-7,10-15H2,1-2H3,(H,20,23). The molecule has 1 unspecified atom stereocenters. The van der Waals surface area contributed by atoms with Crippen LogP contribution < -0.4 is 5.32 Å². The van der Waals surface area contributed by atoms with E-state index in [0.29, 0.717) is 19.3 Å². The maximum atomic E-state index is 12.1. The molecule has 0 aliphatic rings. The molecule has 0 spiro atoms. The highest BCUT2D eigenvalue weighted by Gasteiger charge is 2.24. The van der Waals surface area contributed by atoms with Crippen LogP contribution in [0.1, 0.15) is 45.1 Å². The molecule has 0 heterocycles. The fourth-order valence-electron chi connectivity index (χ4n) is 2.40. The van der Waals surface area contributed by atoms with Crippen LogP contribution in [0, 0.1) is 0 Å². The summed E-state index contributed by atoms with van der Waals surface area (Å²) < 4.78 is 29.4. The summed E-state index contributed by atoms with van der Waals surface area (Å²) in [4.78, 5) is 11.9. The minimum atomic E-state index is -3.25. The Bertz CT molecular complexity index is 660. The molecule has 0 saturated carbocycles. The van der Waals surface area contributed by atoms with Gasteiger partial charge in [0.15, 0.2) is 0 Å². The fraction of sp³-hybridized carbons (Fsp3) is 0.632. The maximum absolute atomic E-state index is 12.1. The third-order valence-electron chi connectivity index (χ3n) is 4.14. The van der Waals surface area contributed by atoms with Gasteiger partial charge in [-0.2, -0.15) is 0 Å². The van der Waals surface area contributed by atoms with Crippen molar-refractivity contribution in [2.75, 3.05) is 18.1 Å². The molecule has 0 aromatic heterocycles. The van der Waals surface area contributed by atoms with Gasteiger partial charge in [0, 0.05) is 5.54 Å². The van der Waals surface area contributed by atoms with Crippen LogP contribution >= 0.6 is 0 Å². The molecule has 0 fully saturated rings. The minimum Gasteiger partial charge on any atom is -0.445 e. The first-order valence-electron chi connectivity index (χ1n) is 9.12. The lowest BCUT2D eigenvalue weighted by molar-refractivity contribution is 0.0865. The van der Waals surface area contributed by atoms with E-state index in [1.54, 1.807) is 13.8 Å². The van der Waals surface area contributed by atoms with E-state index in [1.807, 2.05) is 30.3 Å². The first kappa shape index (κ1) is 23.4. The first-order chi connectivity index (χ1) is 12.6. The van der Waals surface area contributed by atoms with Crippen LogP contribution in [0.3, 0.4) is 0 Å². The Balaban J connectivity index is 2.32. The van der Waals surface area contributed by atoms with E-state index in [0.717, 1.165) is 5.56 Å². The zero-order valence-electron chi connectivity index (χ0n) is 16.1. The molecular formula is C19H31NO6S. The van der Waals surface area contributed by atoms with Crippen LogP contribution in [0.15, 0.2) is 30.3 Å². The minimum absolute atomic E-state index is 0.0275. The van der Waals surface area contributed by atoms with Gasteiger partial charge in [0.05, 0.1) is 24.2 Å². The van der Waals surface area contributed by atoms with Gasteiger partial charge in [-0.15, -0.1) is 0 Å². The number of aliphatic hydroxyl groups excluding tert-OH is 2. The molecule has 0 saturated heterocycles. The Morgan fingerprint density at radius 1 is 1.19 bits per heavy atom. The van der Waals surface area contributed by atoms with Crippen molar-refractivity contribution < 1.29 is 28.2 Å². The largest absolute Gasteiger partial charge is 0.445 e. The fourth-order valence-corrected chi connectivity index (χ4v) is 4.07. The van der Waals surface area contributed by atoms with Gasteiger partial charge in [-0.3, -0.25) is 0 Å². The smallest absolute Gasteiger partial charge is 0.407 e. The van der Waals surface area contributed by atoms with E-state index in [1.165, 1.54) is 0 Å². The Kier molecular flexibility index (Phi) is 9.76. The van der Waals surface area contributed by atoms with E-state index in [4.69, 9.17) is 9.84 Å². The summed E-state index contributed by atoms with van der Waals surface area (Å²) in [5.41, 5.74) is 0.160. The molecule has 3 N–H and O–H groups in total. The summed E-state index contributed by atoms with van der Waals surface area (Å²) >= 11 is 0. The number of hydrogen-bond acceptors (Lipinski definition) is 6. The van der Waals surface area contributed by atoms with Gasteiger partial charge < -0.3 is 20.3 Å². The van der Waals surface area contributed by atoms with Crippen molar-refractivity contribution in [3.8, 4) is 0 Å². The molecule has 1 atom stereocenters. The molecule has 154 valence electrons. The molecule has 0 aliphatic heterocycles. The Hall–Kier alpha value is -1.64. The van der Waals surface area contributed by atoms with E-state index in [-0.39, 0.29) is 31.1 Å². The molecule has 8 heteroatoms. The summed E-state index contributed by atoms with van der Waals surface area (Å²) in [5.74, 6) is -0.0127. The van der Waals surface area contributed by atoms with E-state index < -0.39 is 27.6 Å². The van der Waals surface area contributed by atoms with Crippen molar-refractivity contribution in [3.63, 3.8) is 0 Å². The molecule has 1 aromatic carbocycles. The number of hydrogen-bond donors (Lipinski definition) is 3. The SMILES string of the molecule is CC(C)(CCS(=O)(=O)CCCCC(O)CO)NC(=O)OCc1ccccc1. The highest BCUT2D eigenvalue weighted by atomic mass is 32.2. The molecule has 7 nitrogen and oxygen atoms in total. The normalized spacial score (nSPS) is 13.2. The summed E-state index contributed by atoms with van der Waals surface area (Å²) in [5, 5.41) is 20.7. The molecule has 1 rings (SSSR count). The highest BCUT2D eigenvalue weighted by Crippen LogP contribution is 2.13. The number of amides is 1. The Labute approximate surface area is 161 Å². The molecule has 0 bridgehead atoms. The number of benzene rings is 1. The molecule has 0 aliphatic carbocycles. The number of ether oxygens (including phenoxy) is 1. The number of unbranched alkanes of at least 4 members (excludes halogenated alkanes) is 1. The number of nitrogens with one attached hydrogen (secondary N) is 1. The predicted molar refractivity (Wildman–Crippen MR) is 104 cm³/mol. The summed E-state index contributed by atoms with van der Waals surface area (Å²) in [6, 6.07) is 9.29. The summed E-state index contributed by atoms with van der Waals surface area (Å²) in [6.07, 6.45) is 0.249. The van der Waals surface area contributed by atoms with Gasteiger partial charge in [0.2, 0.25) is 0 Å². The van der Waals surface area contributed by atoms with Crippen LogP contribution in [-0.4, -0.2) is 54.5 Å². The Morgan fingerprint density at radius 3 is 2.48 bits per heavy atom.